The van der Waals surface area contributed by atoms with E-state index in [0.717, 1.165) is 5.56 Å². The molecule has 0 aromatic carbocycles. The number of carbonyl (C=O) groups is 1. The van der Waals surface area contributed by atoms with Crippen LogP contribution in [0.4, 0.5) is 0 Å². The van der Waals surface area contributed by atoms with Gasteiger partial charge in [0, 0.05) is 12.6 Å². The van der Waals surface area contributed by atoms with Gasteiger partial charge in [-0.1, -0.05) is 0 Å². The molecule has 1 aliphatic heterocycles. The van der Waals surface area contributed by atoms with E-state index in [4.69, 9.17) is 4.74 Å². The van der Waals surface area contributed by atoms with Crippen molar-refractivity contribution in [3.05, 3.63) is 30.4 Å². The van der Waals surface area contributed by atoms with Gasteiger partial charge in [0.1, 0.15) is 24.3 Å². The number of methoxy groups -OCH3 is 1. The van der Waals surface area contributed by atoms with Crippen molar-refractivity contribution in [2.75, 3.05) is 7.11 Å². The fourth-order valence-corrected chi connectivity index (χ4v) is 3.54. The van der Waals surface area contributed by atoms with Crippen LogP contribution >= 0.6 is 0 Å². The molecule has 11 heteroatoms. The summed E-state index contributed by atoms with van der Waals surface area (Å²) in [7, 11) is 1.58. The Balaban J connectivity index is 1.45. The Hall–Kier alpha value is -2.63. The summed E-state index contributed by atoms with van der Waals surface area (Å²) >= 11 is 0. The van der Waals surface area contributed by atoms with Gasteiger partial charge in [-0.2, -0.15) is 0 Å². The fourth-order valence-electron chi connectivity index (χ4n) is 3.54. The van der Waals surface area contributed by atoms with Crippen LogP contribution in [-0.4, -0.2) is 55.5 Å². The number of aromatic nitrogens is 5. The summed E-state index contributed by atoms with van der Waals surface area (Å²) in [6.07, 6.45) is 6.13. The minimum Gasteiger partial charge on any atom is -0.495 e. The number of aliphatic hydroxyl groups excluding tert-OH is 1. The monoisotopic (exact) mass is 374 g/mol. The Kier molecular flexibility index (Phi) is 4.97. The topological polar surface area (TPSA) is 139 Å². The van der Waals surface area contributed by atoms with E-state index in [1.807, 2.05) is 6.07 Å². The Morgan fingerprint density at radius 1 is 1.37 bits per heavy atom. The van der Waals surface area contributed by atoms with E-state index < -0.39 is 6.04 Å². The smallest absolute Gasteiger partial charge is 0.239 e. The molecule has 0 radical (unpaired) electrons. The summed E-state index contributed by atoms with van der Waals surface area (Å²) in [5.74, 6) is 0.654. The van der Waals surface area contributed by atoms with Crippen LogP contribution in [0.15, 0.2) is 24.8 Å². The lowest BCUT2D eigenvalue weighted by Crippen LogP contribution is -2.48. The second-order valence-corrected chi connectivity index (χ2v) is 6.91. The van der Waals surface area contributed by atoms with Gasteiger partial charge in [0.15, 0.2) is 0 Å². The number of aliphatic hydroxyl groups is 1. The molecule has 2 fully saturated rings. The van der Waals surface area contributed by atoms with Crippen molar-refractivity contribution in [3.8, 4) is 5.75 Å². The highest BCUT2D eigenvalue weighted by Crippen LogP contribution is 2.38. The van der Waals surface area contributed by atoms with E-state index in [2.05, 4.69) is 36.7 Å². The highest BCUT2D eigenvalue weighted by Gasteiger charge is 2.38. The molecule has 4 N–H and O–H groups in total. The molecule has 3 heterocycles. The molecule has 2 aromatic rings. The Bertz CT molecular complexity index is 780. The third-order valence-corrected chi connectivity index (χ3v) is 5.13. The molecule has 0 bridgehead atoms. The fraction of sp³-hybridized carbons (Fsp3) is 0.562. The largest absolute Gasteiger partial charge is 0.495 e. The van der Waals surface area contributed by atoms with Gasteiger partial charge in [0.25, 0.3) is 0 Å². The summed E-state index contributed by atoms with van der Waals surface area (Å²) in [6.45, 7) is 0. The predicted molar refractivity (Wildman–Crippen MR) is 91.9 cm³/mol. The van der Waals surface area contributed by atoms with Crippen molar-refractivity contribution in [3.63, 3.8) is 0 Å². The normalized spacial score (nSPS) is 28.4. The predicted octanol–water partition coefficient (Wildman–Crippen LogP) is -0.930. The maximum absolute atomic E-state index is 12.8. The van der Waals surface area contributed by atoms with Crippen LogP contribution in [0.2, 0.25) is 0 Å². The molecule has 4 rings (SSSR count). The van der Waals surface area contributed by atoms with Crippen molar-refractivity contribution in [2.24, 2.45) is 5.92 Å². The van der Waals surface area contributed by atoms with Crippen LogP contribution in [0.25, 0.3) is 0 Å². The maximum Gasteiger partial charge on any atom is 0.239 e. The molecule has 11 nitrogen and oxygen atoms in total. The molecule has 3 atom stereocenters. The number of carbonyl (C=O) groups excluding carboxylic acids is 1. The number of hydrogen-bond acceptors (Lipinski definition) is 9. The van der Waals surface area contributed by atoms with Crippen molar-refractivity contribution >= 4 is 5.91 Å². The lowest BCUT2D eigenvalue weighted by Gasteiger charge is -2.38. The molecule has 1 saturated carbocycles. The number of rotatable bonds is 6. The number of ether oxygens (including phenoxy) is 1. The van der Waals surface area contributed by atoms with Gasteiger partial charge < -0.3 is 15.2 Å². The molecule has 2 aromatic heterocycles. The van der Waals surface area contributed by atoms with Gasteiger partial charge in [0.2, 0.25) is 5.91 Å². The van der Waals surface area contributed by atoms with Crippen molar-refractivity contribution < 1.29 is 14.6 Å². The van der Waals surface area contributed by atoms with Gasteiger partial charge in [0.05, 0.1) is 25.5 Å². The molecule has 3 unspecified atom stereocenters. The van der Waals surface area contributed by atoms with Gasteiger partial charge in [-0.25, -0.2) is 15.5 Å². The van der Waals surface area contributed by atoms with E-state index in [9.17, 15) is 9.90 Å². The van der Waals surface area contributed by atoms with Crippen molar-refractivity contribution in [1.29, 1.82) is 0 Å². The van der Waals surface area contributed by atoms with E-state index in [1.54, 1.807) is 24.2 Å². The van der Waals surface area contributed by atoms with Gasteiger partial charge in [-0.05, 0) is 40.8 Å². The SMILES string of the molecule is COc1cncc(C(NC(=O)C2CC(n3cnnn3)NN2)C2CC(O)C2)c1. The van der Waals surface area contributed by atoms with E-state index >= 15 is 0 Å². The first-order valence-electron chi connectivity index (χ1n) is 8.85. The number of pyridine rings is 1. The lowest BCUT2D eigenvalue weighted by atomic mass is 9.75. The van der Waals surface area contributed by atoms with Crippen molar-refractivity contribution in [1.82, 2.24) is 41.4 Å². The Morgan fingerprint density at radius 3 is 2.93 bits per heavy atom. The molecule has 1 aliphatic carbocycles. The quantitative estimate of drug-likeness (QED) is 0.505. The van der Waals surface area contributed by atoms with E-state index in [0.29, 0.717) is 25.0 Å². The van der Waals surface area contributed by atoms with Gasteiger partial charge >= 0.3 is 0 Å². The standard InChI is InChI=1S/C16H22N8O3/c1-27-12-4-10(6-17-7-12)15(9-2-11(25)3-9)19-16(26)13-5-14(21-20-13)24-8-18-22-23-24/h4,6-9,11,13-15,20-21,25H,2-3,5H2,1H3,(H,19,26). The second-order valence-electron chi connectivity index (χ2n) is 6.91. The molecular formula is C16H22N8O3. The van der Waals surface area contributed by atoms with Crippen LogP contribution in [0, 0.1) is 5.92 Å². The number of amides is 1. The van der Waals surface area contributed by atoms with Crippen molar-refractivity contribution in [2.45, 2.75) is 43.6 Å². The molecule has 1 saturated heterocycles. The average Bonchev–Trinajstić information content (AvgIpc) is 3.35. The van der Waals surface area contributed by atoms with Crippen LogP contribution in [-0.2, 0) is 4.79 Å². The first-order chi connectivity index (χ1) is 13.1. The number of tetrazole rings is 1. The van der Waals surface area contributed by atoms with Crippen LogP contribution in [0.3, 0.4) is 0 Å². The maximum atomic E-state index is 12.8. The average molecular weight is 374 g/mol. The molecule has 144 valence electrons. The highest BCUT2D eigenvalue weighted by atomic mass is 16.5. The summed E-state index contributed by atoms with van der Waals surface area (Å²) < 4.78 is 6.81. The number of hydrogen-bond donors (Lipinski definition) is 4. The Labute approximate surface area is 155 Å². The highest BCUT2D eigenvalue weighted by molar-refractivity contribution is 5.82. The minimum absolute atomic E-state index is 0.132. The first-order valence-corrected chi connectivity index (χ1v) is 8.85. The zero-order chi connectivity index (χ0) is 18.8. The summed E-state index contributed by atoms with van der Waals surface area (Å²) in [5, 5.41) is 23.9. The molecule has 1 amide bonds. The van der Waals surface area contributed by atoms with Crippen LogP contribution in [0.1, 0.15) is 37.0 Å². The molecule has 0 spiro atoms. The van der Waals surface area contributed by atoms with Crippen LogP contribution < -0.4 is 20.9 Å². The minimum atomic E-state index is -0.426. The lowest BCUT2D eigenvalue weighted by molar-refractivity contribution is -0.124. The van der Waals surface area contributed by atoms with E-state index in [1.165, 1.54) is 6.33 Å². The number of nitrogens with zero attached hydrogens (tertiary/aromatic N) is 5. The van der Waals surface area contributed by atoms with E-state index in [-0.39, 0.29) is 30.1 Å². The number of hydrazine groups is 1. The number of nitrogens with one attached hydrogen (secondary N) is 3. The first kappa shape index (κ1) is 17.8. The molecular weight excluding hydrogens is 352 g/mol. The Morgan fingerprint density at radius 2 is 2.22 bits per heavy atom. The van der Waals surface area contributed by atoms with Gasteiger partial charge in [-0.3, -0.25) is 9.78 Å². The second kappa shape index (κ2) is 7.55. The van der Waals surface area contributed by atoms with Crippen LogP contribution in [0.5, 0.6) is 5.75 Å². The summed E-state index contributed by atoms with van der Waals surface area (Å²) in [5.41, 5.74) is 6.88. The zero-order valence-corrected chi connectivity index (χ0v) is 14.8. The third kappa shape index (κ3) is 3.75. The van der Waals surface area contributed by atoms with Gasteiger partial charge in [-0.15, -0.1) is 5.10 Å². The third-order valence-electron chi connectivity index (χ3n) is 5.13. The summed E-state index contributed by atoms with van der Waals surface area (Å²) in [6, 6.07) is 1.20. The zero-order valence-electron chi connectivity index (χ0n) is 14.8. The summed E-state index contributed by atoms with van der Waals surface area (Å²) in [4.78, 5) is 17.0. The molecule has 27 heavy (non-hydrogen) atoms. The molecule has 2 aliphatic rings.